The first-order valence-electron chi connectivity index (χ1n) is 3.88. The molecule has 62 valence electrons. The maximum Gasteiger partial charge on any atom is 0.143 e. The first-order valence-corrected chi connectivity index (χ1v) is 4.80. The zero-order valence-electron chi connectivity index (χ0n) is 6.44. The summed E-state index contributed by atoms with van der Waals surface area (Å²) in [6.07, 6.45) is 5.99. The van der Waals surface area contributed by atoms with Crippen LogP contribution in [-0.4, -0.2) is 9.55 Å². The van der Waals surface area contributed by atoms with Gasteiger partial charge in [0.25, 0.3) is 0 Å². The van der Waals surface area contributed by atoms with Crippen LogP contribution in [0.25, 0.3) is 0 Å². The van der Waals surface area contributed by atoms with Gasteiger partial charge in [0.15, 0.2) is 0 Å². The van der Waals surface area contributed by atoms with Crippen molar-refractivity contribution in [2.75, 3.05) is 0 Å². The van der Waals surface area contributed by atoms with Crippen molar-refractivity contribution in [3.63, 3.8) is 0 Å². The van der Waals surface area contributed by atoms with Gasteiger partial charge in [-0.15, -0.1) is 0 Å². The van der Waals surface area contributed by atoms with E-state index in [2.05, 4.69) is 31.6 Å². The number of nitriles is 1. The van der Waals surface area contributed by atoms with Crippen LogP contribution in [0.4, 0.5) is 0 Å². The number of hydrogen-bond donors (Lipinski definition) is 0. The van der Waals surface area contributed by atoms with Crippen molar-refractivity contribution in [2.45, 2.75) is 23.7 Å². The summed E-state index contributed by atoms with van der Waals surface area (Å²) >= 11 is 3.29. The second-order valence-corrected chi connectivity index (χ2v) is 3.86. The molecule has 0 N–H and O–H groups in total. The monoisotopic (exact) mass is 225 g/mol. The van der Waals surface area contributed by atoms with Crippen LogP contribution in [0.3, 0.4) is 0 Å². The molecule has 4 heteroatoms. The van der Waals surface area contributed by atoms with Crippen LogP contribution >= 0.6 is 15.9 Å². The average molecular weight is 226 g/mol. The lowest BCUT2D eigenvalue weighted by molar-refractivity contribution is 0.707. The lowest BCUT2D eigenvalue weighted by Crippen LogP contribution is -1.99. The predicted octanol–water partition coefficient (Wildman–Crippen LogP) is 2.18. The standard InChI is InChI=1S/C8H8BrN3/c9-7(3-10)8-4-11-5-12(8)6-1-2-6/h4-7H,1-2H2. The van der Waals surface area contributed by atoms with Gasteiger partial charge in [0.05, 0.1) is 24.3 Å². The van der Waals surface area contributed by atoms with E-state index >= 15 is 0 Å². The maximum atomic E-state index is 8.70. The van der Waals surface area contributed by atoms with Gasteiger partial charge in [-0.1, -0.05) is 15.9 Å². The number of hydrogen-bond acceptors (Lipinski definition) is 2. The zero-order valence-corrected chi connectivity index (χ0v) is 8.03. The summed E-state index contributed by atoms with van der Waals surface area (Å²) in [7, 11) is 0. The maximum absolute atomic E-state index is 8.70. The molecule has 2 rings (SSSR count). The van der Waals surface area contributed by atoms with E-state index in [0.717, 1.165) is 5.69 Å². The van der Waals surface area contributed by atoms with Gasteiger partial charge in [0.2, 0.25) is 0 Å². The molecular formula is C8H8BrN3. The summed E-state index contributed by atoms with van der Waals surface area (Å²) in [5.41, 5.74) is 0.972. The normalized spacial score (nSPS) is 18.7. The van der Waals surface area contributed by atoms with Gasteiger partial charge >= 0.3 is 0 Å². The Hall–Kier alpha value is -0.820. The fraction of sp³-hybridized carbons (Fsp3) is 0.500. The summed E-state index contributed by atoms with van der Waals surface area (Å²) in [5.74, 6) is 0. The third kappa shape index (κ3) is 1.25. The van der Waals surface area contributed by atoms with Crippen LogP contribution in [0.2, 0.25) is 0 Å². The number of imidazole rings is 1. The summed E-state index contributed by atoms with van der Waals surface area (Å²) in [6.45, 7) is 0. The van der Waals surface area contributed by atoms with Crippen LogP contribution in [0.5, 0.6) is 0 Å². The topological polar surface area (TPSA) is 41.6 Å². The minimum absolute atomic E-state index is 0.222. The predicted molar refractivity (Wildman–Crippen MR) is 47.8 cm³/mol. The lowest BCUT2D eigenvalue weighted by Gasteiger charge is -2.05. The Balaban J connectivity index is 2.30. The molecule has 0 aromatic carbocycles. The minimum Gasteiger partial charge on any atom is -0.330 e. The van der Waals surface area contributed by atoms with Gasteiger partial charge in [-0.05, 0) is 12.8 Å². The molecule has 0 bridgehead atoms. The number of alkyl halides is 1. The molecule has 0 spiro atoms. The van der Waals surface area contributed by atoms with Crippen molar-refractivity contribution in [3.8, 4) is 6.07 Å². The molecule has 1 unspecified atom stereocenters. The highest BCUT2D eigenvalue weighted by molar-refractivity contribution is 9.09. The Kier molecular flexibility index (Phi) is 1.89. The Bertz CT molecular complexity index is 321. The third-order valence-corrected chi connectivity index (χ3v) is 2.68. The van der Waals surface area contributed by atoms with Crippen molar-refractivity contribution in [3.05, 3.63) is 18.2 Å². The molecule has 1 aromatic heterocycles. The first-order chi connectivity index (χ1) is 5.83. The van der Waals surface area contributed by atoms with Crippen molar-refractivity contribution in [1.29, 1.82) is 5.26 Å². The van der Waals surface area contributed by atoms with E-state index in [1.807, 2.05) is 0 Å². The highest BCUT2D eigenvalue weighted by Gasteiger charge is 2.26. The van der Waals surface area contributed by atoms with Crippen LogP contribution in [-0.2, 0) is 0 Å². The van der Waals surface area contributed by atoms with Crippen LogP contribution in [0.1, 0.15) is 29.4 Å². The molecule has 1 atom stereocenters. The molecule has 1 fully saturated rings. The van der Waals surface area contributed by atoms with E-state index in [-0.39, 0.29) is 4.83 Å². The van der Waals surface area contributed by atoms with E-state index in [4.69, 9.17) is 5.26 Å². The second kappa shape index (κ2) is 2.91. The Morgan fingerprint density at radius 1 is 1.75 bits per heavy atom. The molecule has 1 aliphatic carbocycles. The summed E-state index contributed by atoms with van der Waals surface area (Å²) in [4.78, 5) is 3.81. The summed E-state index contributed by atoms with van der Waals surface area (Å²) in [5, 5.41) is 8.70. The highest BCUT2D eigenvalue weighted by atomic mass is 79.9. The number of halogens is 1. The van der Waals surface area contributed by atoms with Crippen molar-refractivity contribution >= 4 is 15.9 Å². The Morgan fingerprint density at radius 3 is 3.08 bits per heavy atom. The van der Waals surface area contributed by atoms with E-state index in [9.17, 15) is 0 Å². The average Bonchev–Trinajstić information content (AvgIpc) is 2.83. The van der Waals surface area contributed by atoms with Crippen molar-refractivity contribution < 1.29 is 0 Å². The van der Waals surface area contributed by atoms with E-state index in [0.29, 0.717) is 6.04 Å². The second-order valence-electron chi connectivity index (χ2n) is 2.95. The quantitative estimate of drug-likeness (QED) is 0.725. The fourth-order valence-corrected chi connectivity index (χ4v) is 1.59. The number of rotatable bonds is 2. The van der Waals surface area contributed by atoms with Crippen LogP contribution < -0.4 is 0 Å². The van der Waals surface area contributed by atoms with Gasteiger partial charge in [-0.25, -0.2) is 4.98 Å². The molecule has 0 saturated heterocycles. The molecule has 1 aliphatic rings. The van der Waals surface area contributed by atoms with Crippen molar-refractivity contribution in [2.24, 2.45) is 0 Å². The van der Waals surface area contributed by atoms with Gasteiger partial charge < -0.3 is 4.57 Å². The SMILES string of the molecule is N#CC(Br)c1cncn1C1CC1. The molecule has 3 nitrogen and oxygen atoms in total. The summed E-state index contributed by atoms with van der Waals surface area (Å²) in [6, 6.07) is 2.74. The highest BCUT2D eigenvalue weighted by Crippen LogP contribution is 2.37. The molecule has 0 amide bonds. The molecule has 1 saturated carbocycles. The molecule has 0 radical (unpaired) electrons. The van der Waals surface area contributed by atoms with Gasteiger partial charge in [0, 0.05) is 6.04 Å². The number of aromatic nitrogens is 2. The van der Waals surface area contributed by atoms with Gasteiger partial charge in [-0.3, -0.25) is 0 Å². The molecule has 12 heavy (non-hydrogen) atoms. The molecule has 1 heterocycles. The van der Waals surface area contributed by atoms with Crippen LogP contribution in [0, 0.1) is 11.3 Å². The lowest BCUT2D eigenvalue weighted by atomic mass is 10.3. The summed E-state index contributed by atoms with van der Waals surface area (Å²) < 4.78 is 2.09. The van der Waals surface area contributed by atoms with Gasteiger partial charge in [0.1, 0.15) is 4.83 Å². The molecule has 1 aromatic rings. The molecule has 0 aliphatic heterocycles. The van der Waals surface area contributed by atoms with Gasteiger partial charge in [-0.2, -0.15) is 5.26 Å². The van der Waals surface area contributed by atoms with E-state index < -0.39 is 0 Å². The van der Waals surface area contributed by atoms with Crippen molar-refractivity contribution in [1.82, 2.24) is 9.55 Å². The van der Waals surface area contributed by atoms with E-state index in [1.54, 1.807) is 12.5 Å². The minimum atomic E-state index is -0.222. The fourth-order valence-electron chi connectivity index (χ4n) is 1.24. The third-order valence-electron chi connectivity index (χ3n) is 2.01. The van der Waals surface area contributed by atoms with E-state index in [1.165, 1.54) is 12.8 Å². The smallest absolute Gasteiger partial charge is 0.143 e. The van der Waals surface area contributed by atoms with Crippen LogP contribution in [0.15, 0.2) is 12.5 Å². The first kappa shape index (κ1) is 7.81. The molecular weight excluding hydrogens is 218 g/mol. The largest absolute Gasteiger partial charge is 0.330 e. The Morgan fingerprint density at radius 2 is 2.50 bits per heavy atom. The zero-order chi connectivity index (χ0) is 8.55. The Labute approximate surface area is 79.1 Å². The number of nitrogens with zero attached hydrogens (tertiary/aromatic N) is 3.